The van der Waals surface area contributed by atoms with Gasteiger partial charge in [0.15, 0.2) is 0 Å². The SMILES string of the molecule is CCCCC(=O)N(CCC)C(CC(OCCC)c1nc(C(=O)NC(CCC(=O)O)Cc2ccc(OCCNC)cc2)cs1)C(C)C.CCCCN(C)CC(N)=O. The number of nitrogens with one attached hydrogen (secondary N) is 2. The Labute approximate surface area is 340 Å². The van der Waals surface area contributed by atoms with Crippen molar-refractivity contribution in [1.29, 1.82) is 0 Å². The van der Waals surface area contributed by atoms with Gasteiger partial charge in [0.25, 0.3) is 5.91 Å². The van der Waals surface area contributed by atoms with Gasteiger partial charge in [-0.2, -0.15) is 0 Å². The second kappa shape index (κ2) is 29.6. The molecule has 5 N–H and O–H groups in total. The van der Waals surface area contributed by atoms with Gasteiger partial charge in [-0.15, -0.1) is 11.3 Å². The van der Waals surface area contributed by atoms with Crippen molar-refractivity contribution in [3.63, 3.8) is 0 Å². The maximum atomic E-state index is 13.4. The van der Waals surface area contributed by atoms with E-state index in [1.165, 1.54) is 11.3 Å². The lowest BCUT2D eigenvalue weighted by Gasteiger charge is -2.36. The van der Waals surface area contributed by atoms with E-state index in [1.54, 1.807) is 5.38 Å². The first-order chi connectivity index (χ1) is 26.8. The highest BCUT2D eigenvalue weighted by Crippen LogP contribution is 2.31. The van der Waals surface area contributed by atoms with Crippen LogP contribution in [0, 0.1) is 5.92 Å². The molecule has 56 heavy (non-hydrogen) atoms. The summed E-state index contributed by atoms with van der Waals surface area (Å²) in [5.74, 6) is -0.358. The molecule has 2 rings (SSSR count). The van der Waals surface area contributed by atoms with E-state index in [4.69, 9.17) is 20.2 Å². The Bertz CT molecular complexity index is 1390. The van der Waals surface area contributed by atoms with E-state index in [9.17, 15) is 24.3 Å². The Hall–Kier alpha value is -3.59. The number of aliphatic carboxylic acids is 1. The first-order valence-corrected chi connectivity index (χ1v) is 21.4. The molecule has 3 unspecified atom stereocenters. The van der Waals surface area contributed by atoms with E-state index < -0.39 is 5.97 Å². The highest BCUT2D eigenvalue weighted by molar-refractivity contribution is 7.09. The van der Waals surface area contributed by atoms with Gasteiger partial charge in [-0.25, -0.2) is 4.98 Å². The highest BCUT2D eigenvalue weighted by Gasteiger charge is 2.31. The van der Waals surface area contributed by atoms with E-state index in [-0.39, 0.29) is 60.4 Å². The van der Waals surface area contributed by atoms with Crippen molar-refractivity contribution in [3.8, 4) is 5.75 Å². The monoisotopic (exact) mass is 805 g/mol. The first kappa shape index (κ1) is 50.4. The number of carboxylic acid groups (broad SMARTS) is 1. The van der Waals surface area contributed by atoms with Gasteiger partial charge < -0.3 is 35.8 Å². The molecule has 0 aliphatic rings. The van der Waals surface area contributed by atoms with Gasteiger partial charge in [-0.3, -0.25) is 24.1 Å². The number of carbonyl (C=O) groups is 4. The Morgan fingerprint density at radius 3 is 2.21 bits per heavy atom. The highest BCUT2D eigenvalue weighted by atomic mass is 32.1. The van der Waals surface area contributed by atoms with Crippen molar-refractivity contribution in [1.82, 2.24) is 25.4 Å². The minimum absolute atomic E-state index is 0.0205. The molecule has 1 aromatic carbocycles. The van der Waals surface area contributed by atoms with Crippen molar-refractivity contribution in [3.05, 3.63) is 45.9 Å². The molecule has 3 atom stereocenters. The Morgan fingerprint density at radius 2 is 1.64 bits per heavy atom. The number of aromatic nitrogens is 1. The van der Waals surface area contributed by atoms with E-state index in [1.807, 2.05) is 48.2 Å². The van der Waals surface area contributed by atoms with Crippen LogP contribution in [0.5, 0.6) is 5.75 Å². The number of hydrogen-bond donors (Lipinski definition) is 4. The number of likely N-dealkylation sites (N-methyl/N-ethyl adjacent to an activating group) is 2. The summed E-state index contributed by atoms with van der Waals surface area (Å²) in [7, 11) is 3.77. The minimum atomic E-state index is -0.913. The molecular formula is C42H72N6O7S. The molecule has 14 heteroatoms. The summed E-state index contributed by atoms with van der Waals surface area (Å²) in [4.78, 5) is 57.1. The number of ether oxygens (including phenoxy) is 2. The number of nitrogens with two attached hydrogens (primary N) is 1. The van der Waals surface area contributed by atoms with Crippen LogP contribution in [0.4, 0.5) is 0 Å². The maximum absolute atomic E-state index is 13.4. The van der Waals surface area contributed by atoms with Crippen LogP contribution in [0.25, 0.3) is 0 Å². The first-order valence-electron chi connectivity index (χ1n) is 20.5. The van der Waals surface area contributed by atoms with Crippen LogP contribution < -0.4 is 21.1 Å². The van der Waals surface area contributed by atoms with E-state index >= 15 is 0 Å². The molecule has 0 saturated carbocycles. The zero-order valence-corrected chi connectivity index (χ0v) is 36.3. The summed E-state index contributed by atoms with van der Waals surface area (Å²) in [5.41, 5.74) is 6.23. The number of amides is 3. The molecule has 13 nitrogen and oxygen atoms in total. The lowest BCUT2D eigenvalue weighted by atomic mass is 9.95. The van der Waals surface area contributed by atoms with Crippen LogP contribution in [0.1, 0.15) is 133 Å². The molecule has 318 valence electrons. The normalized spacial score (nSPS) is 12.8. The molecule has 0 aliphatic carbocycles. The van der Waals surface area contributed by atoms with Gasteiger partial charge in [-0.05, 0) is 82.8 Å². The van der Waals surface area contributed by atoms with Crippen LogP contribution in [-0.4, -0.2) is 109 Å². The maximum Gasteiger partial charge on any atom is 0.303 e. The number of carbonyl (C=O) groups excluding carboxylic acids is 3. The predicted molar refractivity (Wildman–Crippen MR) is 225 cm³/mol. The van der Waals surface area contributed by atoms with Crippen LogP contribution >= 0.6 is 11.3 Å². The number of rotatable bonds is 29. The molecule has 2 aromatic rings. The second-order valence-corrected chi connectivity index (χ2v) is 15.5. The summed E-state index contributed by atoms with van der Waals surface area (Å²) < 4.78 is 12.0. The molecule has 0 spiro atoms. The van der Waals surface area contributed by atoms with E-state index in [0.717, 1.165) is 62.9 Å². The number of benzene rings is 1. The predicted octanol–water partition coefficient (Wildman–Crippen LogP) is 6.46. The van der Waals surface area contributed by atoms with Crippen molar-refractivity contribution >= 4 is 35.0 Å². The third kappa shape index (κ3) is 21.1. The Kier molecular flexibility index (Phi) is 26.7. The second-order valence-electron chi connectivity index (χ2n) is 14.6. The average molecular weight is 805 g/mol. The molecule has 3 amide bonds. The average Bonchev–Trinajstić information content (AvgIpc) is 3.66. The lowest BCUT2D eigenvalue weighted by Crippen LogP contribution is -2.44. The summed E-state index contributed by atoms with van der Waals surface area (Å²) >= 11 is 1.38. The molecule has 1 heterocycles. The van der Waals surface area contributed by atoms with Gasteiger partial charge in [-0.1, -0.05) is 66.5 Å². The number of hydrogen-bond acceptors (Lipinski definition) is 10. The molecule has 0 aliphatic heterocycles. The Balaban J connectivity index is 0.00000137. The smallest absolute Gasteiger partial charge is 0.303 e. The zero-order chi connectivity index (χ0) is 41.9. The number of nitrogens with zero attached hydrogens (tertiary/aromatic N) is 3. The number of thiazole rings is 1. The van der Waals surface area contributed by atoms with Gasteiger partial charge in [0.05, 0.1) is 6.54 Å². The van der Waals surface area contributed by atoms with E-state index in [0.29, 0.717) is 50.6 Å². The summed E-state index contributed by atoms with van der Waals surface area (Å²) in [5, 5.41) is 17.8. The fourth-order valence-electron chi connectivity index (χ4n) is 6.04. The summed E-state index contributed by atoms with van der Waals surface area (Å²) in [6, 6.07) is 7.23. The fraction of sp³-hybridized carbons (Fsp3) is 0.690. The van der Waals surface area contributed by atoms with Gasteiger partial charge in [0.1, 0.15) is 29.2 Å². The fourth-order valence-corrected chi connectivity index (χ4v) is 6.90. The number of unbranched alkanes of at least 4 members (excludes halogenated alkanes) is 2. The third-order valence-electron chi connectivity index (χ3n) is 9.09. The summed E-state index contributed by atoms with van der Waals surface area (Å²) in [6.45, 7) is 16.5. The quantitative estimate of drug-likeness (QED) is 0.0668. The van der Waals surface area contributed by atoms with Crippen LogP contribution in [0.2, 0.25) is 0 Å². The van der Waals surface area contributed by atoms with Crippen molar-refractivity contribution in [2.75, 3.05) is 53.5 Å². The van der Waals surface area contributed by atoms with E-state index in [2.05, 4.69) is 52.2 Å². The van der Waals surface area contributed by atoms with Crippen LogP contribution in [0.3, 0.4) is 0 Å². The topological polar surface area (TPSA) is 176 Å². The van der Waals surface area contributed by atoms with Gasteiger partial charge >= 0.3 is 5.97 Å². The molecular weight excluding hydrogens is 733 g/mol. The zero-order valence-electron chi connectivity index (χ0n) is 35.4. The number of carboxylic acids is 1. The van der Waals surface area contributed by atoms with Gasteiger partial charge in [0.2, 0.25) is 11.8 Å². The molecule has 0 radical (unpaired) electrons. The summed E-state index contributed by atoms with van der Waals surface area (Å²) in [6.07, 6.45) is 7.33. The third-order valence-corrected chi connectivity index (χ3v) is 10.0. The van der Waals surface area contributed by atoms with Crippen molar-refractivity contribution in [2.24, 2.45) is 11.7 Å². The lowest BCUT2D eigenvalue weighted by molar-refractivity contribution is -0.137. The molecule has 0 fully saturated rings. The molecule has 0 saturated heterocycles. The van der Waals surface area contributed by atoms with Gasteiger partial charge in [0, 0.05) is 56.4 Å². The number of primary amides is 1. The van der Waals surface area contributed by atoms with Crippen LogP contribution in [0.15, 0.2) is 29.6 Å². The van der Waals surface area contributed by atoms with Crippen molar-refractivity contribution in [2.45, 2.75) is 130 Å². The largest absolute Gasteiger partial charge is 0.492 e. The van der Waals surface area contributed by atoms with Crippen LogP contribution in [-0.2, 0) is 25.5 Å². The van der Waals surface area contributed by atoms with Crippen molar-refractivity contribution < 1.29 is 33.8 Å². The standard InChI is InChI=1S/C35H56N4O6S.C7H16N2O/c1-7-10-11-32(40)39(19-8-2)30(25(4)5)23-31(45-20-9-3)35-38-29(24-46-35)34(43)37-27(14-17-33(41)42)22-26-12-15-28(16-13-26)44-21-18-36-6;1-3-4-5-9(2)6-7(8)10/h12-13,15-16,24-25,27,30-31,36H,7-11,14,17-23H2,1-6H3,(H,37,43)(H,41,42);3-6H2,1-2H3,(H2,8,10). The Morgan fingerprint density at radius 1 is 0.946 bits per heavy atom. The molecule has 0 bridgehead atoms. The minimum Gasteiger partial charge on any atom is -0.492 e. The molecule has 1 aromatic heterocycles.